The van der Waals surface area contributed by atoms with E-state index in [0.29, 0.717) is 32.2 Å². The van der Waals surface area contributed by atoms with Crippen molar-refractivity contribution in [3.05, 3.63) is 106 Å². The first-order valence-electron chi connectivity index (χ1n) is 10.2. The normalized spacial score (nSPS) is 17.9. The number of pyridine rings is 1. The lowest BCUT2D eigenvalue weighted by Crippen LogP contribution is -2.29. The molecule has 0 saturated carbocycles. The molecule has 0 spiro atoms. The van der Waals surface area contributed by atoms with Crippen molar-refractivity contribution in [2.24, 2.45) is 0 Å². The van der Waals surface area contributed by atoms with E-state index in [1.54, 1.807) is 37.4 Å². The van der Waals surface area contributed by atoms with Gasteiger partial charge in [0.1, 0.15) is 23.4 Å². The number of thiocarbonyl (C=S) groups is 1. The molecule has 8 heteroatoms. The van der Waals surface area contributed by atoms with Crippen molar-refractivity contribution >= 4 is 46.2 Å². The van der Waals surface area contributed by atoms with Crippen LogP contribution in [0.5, 0.6) is 0 Å². The summed E-state index contributed by atoms with van der Waals surface area (Å²) in [7, 11) is 0. The molecule has 2 atom stereocenters. The molecule has 1 N–H and O–H groups in total. The summed E-state index contributed by atoms with van der Waals surface area (Å²) < 4.78 is 20.3. The summed E-state index contributed by atoms with van der Waals surface area (Å²) in [4.78, 5) is 6.48. The van der Waals surface area contributed by atoms with Crippen LogP contribution in [0.15, 0.2) is 77.3 Å². The number of rotatable bonds is 4. The van der Waals surface area contributed by atoms with Crippen LogP contribution >= 0.6 is 35.4 Å². The maximum absolute atomic E-state index is 14.0. The molecule has 0 radical (unpaired) electrons. The van der Waals surface area contributed by atoms with Crippen LogP contribution < -0.4 is 10.2 Å². The Hall–Kier alpha value is -2.93. The van der Waals surface area contributed by atoms with Gasteiger partial charge in [0, 0.05) is 17.4 Å². The van der Waals surface area contributed by atoms with Gasteiger partial charge in [-0.05, 0) is 85.4 Å². The van der Waals surface area contributed by atoms with Gasteiger partial charge in [0.25, 0.3) is 0 Å². The average molecular weight is 498 g/mol. The molecule has 3 heterocycles. The highest BCUT2D eigenvalue weighted by atomic mass is 35.5. The van der Waals surface area contributed by atoms with Crippen molar-refractivity contribution in [3.8, 4) is 11.3 Å². The summed E-state index contributed by atoms with van der Waals surface area (Å²) >= 11 is 18.0. The van der Waals surface area contributed by atoms with Gasteiger partial charge in [-0.15, -0.1) is 0 Å². The molecule has 5 rings (SSSR count). The Morgan fingerprint density at radius 1 is 1.03 bits per heavy atom. The first-order chi connectivity index (χ1) is 15.9. The van der Waals surface area contributed by atoms with Gasteiger partial charge in [0.15, 0.2) is 5.11 Å². The molecular weight excluding hydrogens is 480 g/mol. The summed E-state index contributed by atoms with van der Waals surface area (Å²) in [5.74, 6) is 1.06. The lowest BCUT2D eigenvalue weighted by molar-refractivity contribution is 0.439. The number of aryl methyl sites for hydroxylation is 1. The van der Waals surface area contributed by atoms with Crippen LogP contribution in [0.25, 0.3) is 11.3 Å². The molecule has 1 fully saturated rings. The van der Waals surface area contributed by atoms with E-state index in [1.165, 1.54) is 6.07 Å². The predicted molar refractivity (Wildman–Crippen MR) is 133 cm³/mol. The second-order valence-corrected chi connectivity index (χ2v) is 8.96. The van der Waals surface area contributed by atoms with Gasteiger partial charge in [-0.3, -0.25) is 4.98 Å². The average Bonchev–Trinajstić information content (AvgIpc) is 3.43. The number of nitrogens with zero attached hydrogens (tertiary/aromatic N) is 2. The van der Waals surface area contributed by atoms with Gasteiger partial charge < -0.3 is 14.6 Å². The number of hydrogen-bond acceptors (Lipinski definition) is 3. The van der Waals surface area contributed by atoms with E-state index in [0.717, 1.165) is 16.9 Å². The molecular formula is C25H18Cl2FN3OS. The lowest BCUT2D eigenvalue weighted by Gasteiger charge is -2.26. The molecule has 1 aliphatic heterocycles. The monoisotopic (exact) mass is 497 g/mol. The van der Waals surface area contributed by atoms with Gasteiger partial charge in [-0.1, -0.05) is 29.3 Å². The van der Waals surface area contributed by atoms with Crippen LogP contribution in [0.3, 0.4) is 0 Å². The number of hydrogen-bond donors (Lipinski definition) is 1. The SMILES string of the molecule is Cc1cc(N2C(=S)N[C@@H](c3ccccn3)[C@@H]2c2ccc(-c3ccc(Cl)c(Cl)c3)o2)ccc1F. The minimum atomic E-state index is -0.339. The third-order valence-corrected chi connectivity index (χ3v) is 6.69. The van der Waals surface area contributed by atoms with Crippen molar-refractivity contribution in [2.75, 3.05) is 4.90 Å². The van der Waals surface area contributed by atoms with E-state index < -0.39 is 0 Å². The van der Waals surface area contributed by atoms with Crippen molar-refractivity contribution in [1.29, 1.82) is 0 Å². The van der Waals surface area contributed by atoms with Crippen LogP contribution in [0.1, 0.15) is 29.1 Å². The minimum absolute atomic E-state index is 0.267. The number of furan rings is 1. The van der Waals surface area contributed by atoms with Crippen LogP contribution in [-0.2, 0) is 0 Å². The zero-order valence-electron chi connectivity index (χ0n) is 17.4. The fourth-order valence-corrected chi connectivity index (χ4v) is 4.66. The van der Waals surface area contributed by atoms with E-state index in [-0.39, 0.29) is 17.9 Å². The van der Waals surface area contributed by atoms with Crippen LogP contribution in [-0.4, -0.2) is 10.1 Å². The molecule has 166 valence electrons. The summed E-state index contributed by atoms with van der Waals surface area (Å²) in [6.45, 7) is 1.73. The molecule has 2 aromatic heterocycles. The Bertz CT molecular complexity index is 1340. The first-order valence-corrected chi connectivity index (χ1v) is 11.4. The minimum Gasteiger partial charge on any atom is -0.459 e. The fourth-order valence-electron chi connectivity index (χ4n) is 4.02. The molecule has 0 aliphatic carbocycles. The quantitative estimate of drug-likeness (QED) is 0.300. The Balaban J connectivity index is 1.61. The van der Waals surface area contributed by atoms with Gasteiger partial charge in [-0.2, -0.15) is 0 Å². The lowest BCUT2D eigenvalue weighted by atomic mass is 10.0. The highest BCUT2D eigenvalue weighted by Gasteiger charge is 2.42. The summed E-state index contributed by atoms with van der Waals surface area (Å²) in [5.41, 5.74) is 2.93. The van der Waals surface area contributed by atoms with Crippen molar-refractivity contribution < 1.29 is 8.81 Å². The summed E-state index contributed by atoms with van der Waals surface area (Å²) in [6, 6.07) is 19.2. The Morgan fingerprint density at radius 2 is 1.88 bits per heavy atom. The molecule has 0 amide bonds. The third-order valence-electron chi connectivity index (χ3n) is 5.64. The van der Waals surface area contributed by atoms with Crippen molar-refractivity contribution in [2.45, 2.75) is 19.0 Å². The molecule has 4 aromatic rings. The third kappa shape index (κ3) is 4.10. The topological polar surface area (TPSA) is 41.3 Å². The van der Waals surface area contributed by atoms with Crippen LogP contribution in [0.2, 0.25) is 10.0 Å². The maximum Gasteiger partial charge on any atom is 0.174 e. The number of anilines is 1. The molecule has 4 nitrogen and oxygen atoms in total. The standard InChI is InChI=1S/C25H18Cl2FN3OS/c1-14-12-16(6-8-19(14)28)31-24(23(30-25(31)33)20-4-2-3-11-29-20)22-10-9-21(32-22)15-5-7-17(26)18(27)13-15/h2-13,23-24H,1H3,(H,30,33)/t23-,24-/m0/s1. The van der Waals surface area contributed by atoms with Crippen molar-refractivity contribution in [3.63, 3.8) is 0 Å². The Morgan fingerprint density at radius 3 is 2.61 bits per heavy atom. The molecule has 1 saturated heterocycles. The molecule has 2 aromatic carbocycles. The smallest absolute Gasteiger partial charge is 0.174 e. The van der Waals surface area contributed by atoms with E-state index in [9.17, 15) is 4.39 Å². The summed E-state index contributed by atoms with van der Waals surface area (Å²) in [5, 5.41) is 4.81. The number of aromatic nitrogens is 1. The van der Waals surface area contributed by atoms with Crippen molar-refractivity contribution in [1.82, 2.24) is 10.3 Å². The molecule has 0 unspecified atom stereocenters. The highest BCUT2D eigenvalue weighted by molar-refractivity contribution is 7.80. The number of benzene rings is 2. The predicted octanol–water partition coefficient (Wildman–Crippen LogP) is 7.27. The zero-order chi connectivity index (χ0) is 23.1. The van der Waals surface area contributed by atoms with E-state index in [1.807, 2.05) is 41.3 Å². The van der Waals surface area contributed by atoms with Crippen LogP contribution in [0, 0.1) is 12.7 Å². The highest BCUT2D eigenvalue weighted by Crippen LogP contribution is 2.43. The van der Waals surface area contributed by atoms with Gasteiger partial charge in [0.05, 0.1) is 21.8 Å². The second kappa shape index (κ2) is 8.78. The molecule has 1 aliphatic rings. The Kier molecular flexibility index (Phi) is 5.83. The fraction of sp³-hybridized carbons (Fsp3) is 0.120. The first kappa shape index (κ1) is 21.9. The largest absolute Gasteiger partial charge is 0.459 e. The summed E-state index contributed by atoms with van der Waals surface area (Å²) in [6.07, 6.45) is 1.74. The molecule has 33 heavy (non-hydrogen) atoms. The number of nitrogens with one attached hydrogen (secondary N) is 1. The maximum atomic E-state index is 14.0. The number of halogens is 3. The van der Waals surface area contributed by atoms with E-state index >= 15 is 0 Å². The molecule has 0 bridgehead atoms. The van der Waals surface area contributed by atoms with Gasteiger partial charge in [0.2, 0.25) is 0 Å². The Labute approximate surface area is 206 Å². The second-order valence-electron chi connectivity index (χ2n) is 7.76. The zero-order valence-corrected chi connectivity index (χ0v) is 19.8. The van der Waals surface area contributed by atoms with Gasteiger partial charge in [-0.25, -0.2) is 4.39 Å². The van der Waals surface area contributed by atoms with Crippen LogP contribution in [0.4, 0.5) is 10.1 Å². The van der Waals surface area contributed by atoms with Gasteiger partial charge >= 0.3 is 0 Å². The van der Waals surface area contributed by atoms with E-state index in [4.69, 9.17) is 39.8 Å². The van der Waals surface area contributed by atoms with E-state index in [2.05, 4.69) is 10.3 Å².